The fourth-order valence-corrected chi connectivity index (χ4v) is 3.24. The van der Waals surface area contributed by atoms with Gasteiger partial charge in [-0.3, -0.25) is 0 Å². The van der Waals surface area contributed by atoms with Crippen molar-refractivity contribution in [1.82, 2.24) is 4.98 Å². The molecule has 1 aromatic heterocycles. The number of nitriles is 1. The van der Waals surface area contributed by atoms with Gasteiger partial charge in [0.15, 0.2) is 0 Å². The van der Waals surface area contributed by atoms with Gasteiger partial charge in [0.1, 0.15) is 16.8 Å². The Morgan fingerprint density at radius 3 is 2.48 bits per heavy atom. The zero-order chi connectivity index (χ0) is 17.6. The van der Waals surface area contributed by atoms with Crippen LogP contribution in [0.2, 0.25) is 0 Å². The van der Waals surface area contributed by atoms with Gasteiger partial charge in [0, 0.05) is 10.9 Å². The van der Waals surface area contributed by atoms with Crippen LogP contribution in [0.5, 0.6) is 5.75 Å². The number of allylic oxidation sites excluding steroid dienone is 1. The highest BCUT2D eigenvalue weighted by atomic mass is 32.1. The molecule has 0 spiro atoms. The van der Waals surface area contributed by atoms with Crippen LogP contribution in [0.15, 0.2) is 53.9 Å². The molecule has 3 nitrogen and oxygen atoms in total. The Labute approximate surface area is 151 Å². The minimum absolute atomic E-state index is 0.578. The second kappa shape index (κ2) is 7.78. The van der Waals surface area contributed by atoms with Crippen LogP contribution in [0.3, 0.4) is 0 Å². The molecule has 3 rings (SSSR count). The lowest BCUT2D eigenvalue weighted by molar-refractivity contribution is 0.415. The summed E-state index contributed by atoms with van der Waals surface area (Å²) in [5, 5.41) is 12.2. The van der Waals surface area contributed by atoms with Crippen LogP contribution in [0, 0.1) is 11.3 Å². The predicted octanol–water partition coefficient (Wildman–Crippen LogP) is 5.45. The Hall–Kier alpha value is -2.90. The van der Waals surface area contributed by atoms with Gasteiger partial charge in [0.2, 0.25) is 0 Å². The maximum absolute atomic E-state index is 9.52. The van der Waals surface area contributed by atoms with Crippen molar-refractivity contribution in [2.75, 3.05) is 7.11 Å². The highest BCUT2D eigenvalue weighted by Gasteiger charge is 2.09. The zero-order valence-electron chi connectivity index (χ0n) is 14.2. The molecule has 0 unspecified atom stereocenters. The van der Waals surface area contributed by atoms with E-state index in [1.165, 1.54) is 16.9 Å². The molecule has 0 aliphatic rings. The summed E-state index contributed by atoms with van der Waals surface area (Å²) in [6.45, 7) is 2.13. The smallest absolute Gasteiger partial charge is 0.134 e. The molecule has 0 atom stereocenters. The van der Waals surface area contributed by atoms with E-state index in [9.17, 15) is 5.26 Å². The quantitative estimate of drug-likeness (QED) is 0.577. The van der Waals surface area contributed by atoms with E-state index in [-0.39, 0.29) is 0 Å². The van der Waals surface area contributed by atoms with Crippen molar-refractivity contribution in [2.24, 2.45) is 0 Å². The molecule has 0 aliphatic heterocycles. The third-order valence-corrected chi connectivity index (χ3v) is 4.82. The van der Waals surface area contributed by atoms with Crippen LogP contribution in [-0.4, -0.2) is 12.1 Å². The number of nitrogens with zero attached hydrogens (tertiary/aromatic N) is 2. The van der Waals surface area contributed by atoms with Crippen molar-refractivity contribution in [1.29, 1.82) is 5.26 Å². The first-order valence-corrected chi connectivity index (χ1v) is 8.92. The van der Waals surface area contributed by atoms with Crippen LogP contribution in [0.1, 0.15) is 23.1 Å². The number of aromatic nitrogens is 1. The molecule has 0 fully saturated rings. The molecule has 3 aromatic rings. The molecule has 1 heterocycles. The lowest BCUT2D eigenvalue weighted by atomic mass is 10.1. The van der Waals surface area contributed by atoms with E-state index < -0.39 is 0 Å². The topological polar surface area (TPSA) is 45.9 Å². The number of ether oxygens (including phenoxy) is 1. The first kappa shape index (κ1) is 16.9. The Kier molecular flexibility index (Phi) is 5.27. The van der Waals surface area contributed by atoms with Gasteiger partial charge < -0.3 is 4.74 Å². The minimum Gasteiger partial charge on any atom is -0.497 e. The van der Waals surface area contributed by atoms with Crippen LogP contribution >= 0.6 is 11.3 Å². The molecule has 0 saturated carbocycles. The van der Waals surface area contributed by atoms with Gasteiger partial charge in [-0.05, 0) is 47.9 Å². The molecule has 124 valence electrons. The normalized spacial score (nSPS) is 11.2. The number of benzene rings is 2. The number of rotatable bonds is 5. The van der Waals surface area contributed by atoms with E-state index in [4.69, 9.17) is 4.74 Å². The molecule has 0 amide bonds. The molecule has 0 saturated heterocycles. The minimum atomic E-state index is 0.578. The number of aryl methyl sites for hydroxylation is 1. The fourth-order valence-electron chi connectivity index (χ4n) is 2.45. The Bertz CT molecular complexity index is 916. The molecular formula is C21H18N2OS. The SMILES string of the molecule is CCc1ccc(/C=C(/C#N)c2nc(-c3ccc(OC)cc3)cs2)cc1. The molecule has 4 heteroatoms. The lowest BCUT2D eigenvalue weighted by Crippen LogP contribution is -1.85. The fraction of sp³-hybridized carbons (Fsp3) is 0.143. The molecule has 0 bridgehead atoms. The van der Waals surface area contributed by atoms with Crippen LogP contribution < -0.4 is 4.74 Å². The van der Waals surface area contributed by atoms with Gasteiger partial charge >= 0.3 is 0 Å². The highest BCUT2D eigenvalue weighted by Crippen LogP contribution is 2.28. The van der Waals surface area contributed by atoms with Crippen molar-refractivity contribution in [3.8, 4) is 23.1 Å². The van der Waals surface area contributed by atoms with E-state index in [0.29, 0.717) is 5.57 Å². The van der Waals surface area contributed by atoms with Crippen LogP contribution in [0.4, 0.5) is 0 Å². The summed E-state index contributed by atoms with van der Waals surface area (Å²) in [5.41, 5.74) is 4.74. The van der Waals surface area contributed by atoms with Crippen molar-refractivity contribution in [3.05, 3.63) is 70.0 Å². The molecule has 2 aromatic carbocycles. The van der Waals surface area contributed by atoms with Crippen molar-refractivity contribution in [3.63, 3.8) is 0 Å². The van der Waals surface area contributed by atoms with Gasteiger partial charge in [-0.15, -0.1) is 11.3 Å². The van der Waals surface area contributed by atoms with E-state index >= 15 is 0 Å². The third-order valence-electron chi connectivity index (χ3n) is 3.94. The highest BCUT2D eigenvalue weighted by molar-refractivity contribution is 7.11. The van der Waals surface area contributed by atoms with Crippen LogP contribution in [0.25, 0.3) is 22.9 Å². The Morgan fingerprint density at radius 1 is 1.16 bits per heavy atom. The van der Waals surface area contributed by atoms with Gasteiger partial charge in [-0.1, -0.05) is 31.2 Å². The molecule has 0 aliphatic carbocycles. The predicted molar refractivity (Wildman–Crippen MR) is 103 cm³/mol. The second-order valence-corrected chi connectivity index (χ2v) is 6.39. The Balaban J connectivity index is 1.87. The number of thiazole rings is 1. The van der Waals surface area contributed by atoms with Gasteiger partial charge in [0.25, 0.3) is 0 Å². The van der Waals surface area contributed by atoms with Crippen molar-refractivity contribution in [2.45, 2.75) is 13.3 Å². The van der Waals surface area contributed by atoms with Gasteiger partial charge in [-0.25, -0.2) is 4.98 Å². The average Bonchev–Trinajstić information content (AvgIpc) is 3.16. The molecule has 25 heavy (non-hydrogen) atoms. The summed E-state index contributed by atoms with van der Waals surface area (Å²) in [4.78, 5) is 4.62. The first-order chi connectivity index (χ1) is 12.2. The summed E-state index contributed by atoms with van der Waals surface area (Å²) in [7, 11) is 1.65. The van der Waals surface area contributed by atoms with Gasteiger partial charge in [0.05, 0.1) is 18.4 Å². The van der Waals surface area contributed by atoms with E-state index in [2.05, 4.69) is 30.1 Å². The lowest BCUT2D eigenvalue weighted by Gasteiger charge is -2.00. The summed E-state index contributed by atoms with van der Waals surface area (Å²) in [6, 6.07) is 18.3. The standard InChI is InChI=1S/C21H18N2OS/c1-3-15-4-6-16(7-5-15)12-18(13-22)21-23-20(14-25-21)17-8-10-19(24-2)11-9-17/h4-12,14H,3H2,1-2H3/b18-12-. The maximum atomic E-state index is 9.52. The maximum Gasteiger partial charge on any atom is 0.134 e. The van der Waals surface area contributed by atoms with Gasteiger partial charge in [-0.2, -0.15) is 5.26 Å². The zero-order valence-corrected chi connectivity index (χ0v) is 15.0. The van der Waals surface area contributed by atoms with Crippen molar-refractivity contribution >= 4 is 23.0 Å². The molecule has 0 N–H and O–H groups in total. The summed E-state index contributed by atoms with van der Waals surface area (Å²) >= 11 is 1.48. The van der Waals surface area contributed by atoms with E-state index in [1.54, 1.807) is 7.11 Å². The van der Waals surface area contributed by atoms with Crippen molar-refractivity contribution < 1.29 is 4.74 Å². The third kappa shape index (κ3) is 3.96. The summed E-state index contributed by atoms with van der Waals surface area (Å²) < 4.78 is 5.18. The monoisotopic (exact) mass is 346 g/mol. The molecule has 0 radical (unpaired) electrons. The number of hydrogen-bond donors (Lipinski definition) is 0. The summed E-state index contributed by atoms with van der Waals surface area (Å²) in [5.74, 6) is 0.812. The second-order valence-electron chi connectivity index (χ2n) is 5.53. The van der Waals surface area contributed by atoms with Crippen LogP contribution in [-0.2, 0) is 6.42 Å². The Morgan fingerprint density at radius 2 is 1.88 bits per heavy atom. The number of hydrogen-bond acceptors (Lipinski definition) is 4. The number of methoxy groups -OCH3 is 1. The largest absolute Gasteiger partial charge is 0.497 e. The first-order valence-electron chi connectivity index (χ1n) is 8.04. The summed E-state index contributed by atoms with van der Waals surface area (Å²) in [6.07, 6.45) is 2.89. The average molecular weight is 346 g/mol. The van der Waals surface area contributed by atoms with E-state index in [1.807, 2.05) is 47.9 Å². The van der Waals surface area contributed by atoms with E-state index in [0.717, 1.165) is 34.0 Å². The molecular weight excluding hydrogens is 328 g/mol.